The number of amides is 1. The van der Waals surface area contributed by atoms with Crippen LogP contribution in [0.25, 0.3) is 0 Å². The van der Waals surface area contributed by atoms with E-state index in [1.807, 2.05) is 31.1 Å². The minimum atomic E-state index is -4.66. The van der Waals surface area contributed by atoms with Crippen LogP contribution in [0.2, 0.25) is 0 Å². The summed E-state index contributed by atoms with van der Waals surface area (Å²) in [5.41, 5.74) is -0.0345. The Morgan fingerprint density at radius 3 is 2.13 bits per heavy atom. The molecular formula is C20H21F3N4O3. The maximum atomic E-state index is 12.9. The van der Waals surface area contributed by atoms with Gasteiger partial charge in [0.1, 0.15) is 5.69 Å². The number of rotatable bonds is 4. The summed E-state index contributed by atoms with van der Waals surface area (Å²) >= 11 is 0. The smallest absolute Gasteiger partial charge is 0.378 e. The maximum absolute atomic E-state index is 12.9. The average molecular weight is 422 g/mol. The van der Waals surface area contributed by atoms with Gasteiger partial charge in [0.05, 0.1) is 10.5 Å². The van der Waals surface area contributed by atoms with Gasteiger partial charge in [-0.2, -0.15) is 13.2 Å². The van der Waals surface area contributed by atoms with Crippen molar-refractivity contribution in [3.63, 3.8) is 0 Å². The first-order valence-corrected chi connectivity index (χ1v) is 9.25. The number of nitro benzene ring substituents is 1. The number of carbonyl (C=O) groups is 1. The molecule has 0 aromatic heterocycles. The molecule has 3 rings (SSSR count). The molecule has 2 aromatic carbocycles. The van der Waals surface area contributed by atoms with Gasteiger partial charge in [0.25, 0.3) is 11.6 Å². The van der Waals surface area contributed by atoms with Gasteiger partial charge in [0.15, 0.2) is 0 Å². The molecule has 1 aliphatic heterocycles. The van der Waals surface area contributed by atoms with E-state index < -0.39 is 22.4 Å². The molecule has 0 saturated carbocycles. The standard InChI is InChI=1S/C20H21F3N4O3/c1-24(2)16-6-3-14(4-7-16)19(28)26-11-9-25(10-12-26)17-8-5-15(20(21,22)23)13-18(17)27(29)30/h3-8,13H,9-12H2,1-2H3. The number of carbonyl (C=O) groups excluding carboxylic acids is 1. The molecule has 0 N–H and O–H groups in total. The van der Waals surface area contributed by atoms with Crippen LogP contribution in [0, 0.1) is 10.1 Å². The van der Waals surface area contributed by atoms with Crippen molar-refractivity contribution in [2.45, 2.75) is 6.18 Å². The van der Waals surface area contributed by atoms with Crippen molar-refractivity contribution >= 4 is 23.0 Å². The Kier molecular flexibility index (Phi) is 5.86. The molecule has 0 atom stereocenters. The van der Waals surface area contributed by atoms with Gasteiger partial charge >= 0.3 is 6.18 Å². The van der Waals surface area contributed by atoms with Crippen LogP contribution in [0.3, 0.4) is 0 Å². The Morgan fingerprint density at radius 2 is 1.63 bits per heavy atom. The van der Waals surface area contributed by atoms with E-state index in [1.54, 1.807) is 21.9 Å². The third-order valence-electron chi connectivity index (χ3n) is 5.04. The van der Waals surface area contributed by atoms with Gasteiger partial charge in [0.2, 0.25) is 0 Å². The summed E-state index contributed by atoms with van der Waals surface area (Å²) in [5, 5.41) is 11.3. The van der Waals surface area contributed by atoms with Crippen LogP contribution in [0.1, 0.15) is 15.9 Å². The fourth-order valence-electron chi connectivity index (χ4n) is 3.35. The summed E-state index contributed by atoms with van der Waals surface area (Å²) < 4.78 is 38.7. The largest absolute Gasteiger partial charge is 0.416 e. The van der Waals surface area contributed by atoms with E-state index in [-0.39, 0.29) is 24.7 Å². The Bertz CT molecular complexity index is 937. The topological polar surface area (TPSA) is 69.9 Å². The van der Waals surface area contributed by atoms with Gasteiger partial charge in [0, 0.05) is 57.6 Å². The SMILES string of the molecule is CN(C)c1ccc(C(=O)N2CCN(c3ccc(C(F)(F)F)cc3[N+](=O)[O-])CC2)cc1. The molecule has 2 aromatic rings. The van der Waals surface area contributed by atoms with Crippen molar-refractivity contribution in [3.8, 4) is 0 Å². The second kappa shape index (κ2) is 8.21. The van der Waals surface area contributed by atoms with Crippen molar-refractivity contribution in [2.75, 3.05) is 50.1 Å². The molecule has 30 heavy (non-hydrogen) atoms. The summed E-state index contributed by atoms with van der Waals surface area (Å²) in [7, 11) is 3.80. The molecule has 0 bridgehead atoms. The van der Waals surface area contributed by atoms with E-state index in [0.717, 1.165) is 17.8 Å². The lowest BCUT2D eigenvalue weighted by molar-refractivity contribution is -0.384. The lowest BCUT2D eigenvalue weighted by Crippen LogP contribution is -2.49. The van der Waals surface area contributed by atoms with Crippen LogP contribution in [-0.4, -0.2) is 56.0 Å². The van der Waals surface area contributed by atoms with E-state index in [1.165, 1.54) is 0 Å². The molecule has 1 aliphatic rings. The number of piperazine rings is 1. The second-order valence-corrected chi connectivity index (χ2v) is 7.18. The lowest BCUT2D eigenvalue weighted by Gasteiger charge is -2.36. The van der Waals surface area contributed by atoms with Crippen molar-refractivity contribution in [3.05, 3.63) is 63.7 Å². The highest BCUT2D eigenvalue weighted by Crippen LogP contribution is 2.36. The number of benzene rings is 2. The number of anilines is 2. The van der Waals surface area contributed by atoms with Crippen LogP contribution in [0.4, 0.5) is 30.2 Å². The van der Waals surface area contributed by atoms with E-state index in [9.17, 15) is 28.1 Å². The van der Waals surface area contributed by atoms with Gasteiger partial charge in [-0.25, -0.2) is 0 Å². The van der Waals surface area contributed by atoms with Gasteiger partial charge < -0.3 is 14.7 Å². The van der Waals surface area contributed by atoms with Gasteiger partial charge in [-0.15, -0.1) is 0 Å². The molecule has 1 fully saturated rings. The van der Waals surface area contributed by atoms with Gasteiger partial charge in [-0.3, -0.25) is 14.9 Å². The van der Waals surface area contributed by atoms with Crippen LogP contribution >= 0.6 is 0 Å². The second-order valence-electron chi connectivity index (χ2n) is 7.18. The molecule has 0 aliphatic carbocycles. The number of hydrogen-bond acceptors (Lipinski definition) is 5. The fourth-order valence-corrected chi connectivity index (χ4v) is 3.35. The van der Waals surface area contributed by atoms with E-state index in [4.69, 9.17) is 0 Å². The third kappa shape index (κ3) is 4.47. The number of halogens is 3. The number of hydrogen-bond donors (Lipinski definition) is 0. The highest BCUT2D eigenvalue weighted by atomic mass is 19.4. The number of nitro groups is 1. The van der Waals surface area contributed by atoms with Gasteiger partial charge in [-0.05, 0) is 36.4 Å². The first-order valence-electron chi connectivity index (χ1n) is 9.25. The van der Waals surface area contributed by atoms with Gasteiger partial charge in [-0.1, -0.05) is 0 Å². The van der Waals surface area contributed by atoms with Crippen molar-refractivity contribution in [2.24, 2.45) is 0 Å². The Labute approximate surface area is 171 Å². The predicted octanol–water partition coefficient (Wildman–Crippen LogP) is 3.64. The van der Waals surface area contributed by atoms with Crippen molar-refractivity contribution in [1.29, 1.82) is 0 Å². The average Bonchev–Trinajstić information content (AvgIpc) is 2.72. The summed E-state index contributed by atoms with van der Waals surface area (Å²) in [6, 6.07) is 9.68. The third-order valence-corrected chi connectivity index (χ3v) is 5.04. The first-order chi connectivity index (χ1) is 14.1. The van der Waals surface area contributed by atoms with Crippen LogP contribution in [0.15, 0.2) is 42.5 Å². The molecule has 160 valence electrons. The van der Waals surface area contributed by atoms with Crippen molar-refractivity contribution in [1.82, 2.24) is 4.90 Å². The fraction of sp³-hybridized carbons (Fsp3) is 0.350. The molecule has 1 saturated heterocycles. The molecule has 0 spiro atoms. The zero-order valence-electron chi connectivity index (χ0n) is 16.5. The number of nitrogens with zero attached hydrogens (tertiary/aromatic N) is 4. The highest BCUT2D eigenvalue weighted by molar-refractivity contribution is 5.94. The van der Waals surface area contributed by atoms with E-state index in [0.29, 0.717) is 24.7 Å². The quantitative estimate of drug-likeness (QED) is 0.556. The Hall–Kier alpha value is -3.30. The zero-order valence-corrected chi connectivity index (χ0v) is 16.5. The molecule has 0 radical (unpaired) electrons. The summed E-state index contributed by atoms with van der Waals surface area (Å²) in [6.45, 7) is 1.19. The molecule has 1 amide bonds. The molecule has 7 nitrogen and oxygen atoms in total. The minimum absolute atomic E-state index is 0.121. The monoisotopic (exact) mass is 422 g/mol. The molecule has 1 heterocycles. The van der Waals surface area contributed by atoms with Crippen LogP contribution < -0.4 is 9.80 Å². The summed E-state index contributed by atoms with van der Waals surface area (Å²) in [4.78, 5) is 28.4. The molecule has 0 unspecified atom stereocenters. The zero-order chi connectivity index (χ0) is 22.1. The van der Waals surface area contributed by atoms with Crippen LogP contribution in [-0.2, 0) is 6.18 Å². The summed E-state index contributed by atoms with van der Waals surface area (Å²) in [6.07, 6.45) is -4.66. The van der Waals surface area contributed by atoms with E-state index in [2.05, 4.69) is 0 Å². The first kappa shape index (κ1) is 21.4. The summed E-state index contributed by atoms with van der Waals surface area (Å²) in [5.74, 6) is -0.151. The maximum Gasteiger partial charge on any atom is 0.416 e. The van der Waals surface area contributed by atoms with Crippen molar-refractivity contribution < 1.29 is 22.9 Å². The predicted molar refractivity (Wildman–Crippen MR) is 107 cm³/mol. The normalized spacial score (nSPS) is 14.6. The Morgan fingerprint density at radius 1 is 1.03 bits per heavy atom. The van der Waals surface area contributed by atoms with Crippen LogP contribution in [0.5, 0.6) is 0 Å². The number of alkyl halides is 3. The van der Waals surface area contributed by atoms with E-state index >= 15 is 0 Å². The Balaban J connectivity index is 1.72. The highest BCUT2D eigenvalue weighted by Gasteiger charge is 2.34. The molecule has 10 heteroatoms. The molecular weight excluding hydrogens is 401 g/mol. The minimum Gasteiger partial charge on any atom is -0.378 e. The lowest BCUT2D eigenvalue weighted by atomic mass is 10.1.